The summed E-state index contributed by atoms with van der Waals surface area (Å²) in [6.07, 6.45) is 1.89. The lowest BCUT2D eigenvalue weighted by Crippen LogP contribution is -2.41. The molecular formula is C27H28ClN3O2. The van der Waals surface area contributed by atoms with Crippen molar-refractivity contribution in [3.63, 3.8) is 0 Å². The van der Waals surface area contributed by atoms with E-state index < -0.39 is 0 Å². The third kappa shape index (κ3) is 5.93. The molecule has 2 N–H and O–H groups in total. The molecule has 33 heavy (non-hydrogen) atoms. The number of nitrogens with one attached hydrogen (secondary N) is 2. The summed E-state index contributed by atoms with van der Waals surface area (Å²) in [6.45, 7) is 5.35. The van der Waals surface area contributed by atoms with Gasteiger partial charge in [0, 0.05) is 41.0 Å². The lowest BCUT2D eigenvalue weighted by molar-refractivity contribution is 0.102. The Labute approximate surface area is 199 Å². The summed E-state index contributed by atoms with van der Waals surface area (Å²) in [5.41, 5.74) is 5.43. The summed E-state index contributed by atoms with van der Waals surface area (Å²) in [7, 11) is 0. The SMILES string of the molecule is Cc1cc(C)cc(NC(=O)c2cccc([C@@H]3CCCN(C(=O)Nc4ccc(Cl)cc4)C3)c2)c1. The second kappa shape index (κ2) is 10.1. The summed E-state index contributed by atoms with van der Waals surface area (Å²) in [6, 6.07) is 20.7. The van der Waals surface area contributed by atoms with E-state index in [9.17, 15) is 9.59 Å². The molecule has 1 saturated heterocycles. The zero-order chi connectivity index (χ0) is 23.4. The number of anilines is 2. The first-order valence-electron chi connectivity index (χ1n) is 11.2. The number of piperidine rings is 1. The van der Waals surface area contributed by atoms with Crippen molar-refractivity contribution in [3.05, 3.63) is 94.0 Å². The van der Waals surface area contributed by atoms with E-state index in [0.29, 0.717) is 23.7 Å². The molecule has 3 amide bonds. The number of rotatable bonds is 4. The van der Waals surface area contributed by atoms with Gasteiger partial charge in [0.05, 0.1) is 0 Å². The van der Waals surface area contributed by atoms with Crippen LogP contribution in [0.5, 0.6) is 0 Å². The summed E-state index contributed by atoms with van der Waals surface area (Å²) < 4.78 is 0. The fourth-order valence-electron chi connectivity index (χ4n) is 4.35. The Balaban J connectivity index is 1.43. The number of nitrogens with zero attached hydrogens (tertiary/aromatic N) is 1. The molecule has 0 aliphatic carbocycles. The predicted molar refractivity (Wildman–Crippen MR) is 134 cm³/mol. The third-order valence-electron chi connectivity index (χ3n) is 5.90. The molecule has 0 unspecified atom stereocenters. The molecule has 5 nitrogen and oxygen atoms in total. The fraction of sp³-hybridized carbons (Fsp3) is 0.259. The molecule has 0 aromatic heterocycles. The van der Waals surface area contributed by atoms with Gasteiger partial charge in [-0.1, -0.05) is 29.8 Å². The maximum atomic E-state index is 12.9. The highest BCUT2D eigenvalue weighted by molar-refractivity contribution is 6.30. The van der Waals surface area contributed by atoms with Gasteiger partial charge in [-0.05, 0) is 91.9 Å². The van der Waals surface area contributed by atoms with E-state index >= 15 is 0 Å². The van der Waals surface area contributed by atoms with Crippen molar-refractivity contribution < 1.29 is 9.59 Å². The largest absolute Gasteiger partial charge is 0.324 e. The number of aryl methyl sites for hydroxylation is 2. The van der Waals surface area contributed by atoms with Crippen molar-refractivity contribution in [2.24, 2.45) is 0 Å². The van der Waals surface area contributed by atoms with Crippen LogP contribution in [0.25, 0.3) is 0 Å². The number of hydrogen-bond donors (Lipinski definition) is 2. The molecule has 170 valence electrons. The first-order chi connectivity index (χ1) is 15.9. The van der Waals surface area contributed by atoms with Gasteiger partial charge in [-0.3, -0.25) is 4.79 Å². The van der Waals surface area contributed by atoms with Gasteiger partial charge in [-0.15, -0.1) is 0 Å². The Morgan fingerprint density at radius 2 is 1.64 bits per heavy atom. The number of carbonyl (C=O) groups is 2. The molecule has 1 fully saturated rings. The molecule has 1 atom stereocenters. The predicted octanol–water partition coefficient (Wildman–Crippen LogP) is 6.62. The van der Waals surface area contributed by atoms with E-state index in [4.69, 9.17) is 11.6 Å². The van der Waals surface area contributed by atoms with Crippen LogP contribution >= 0.6 is 11.6 Å². The van der Waals surface area contributed by atoms with Crippen LogP contribution in [0.2, 0.25) is 5.02 Å². The van der Waals surface area contributed by atoms with E-state index in [2.05, 4.69) is 16.7 Å². The minimum atomic E-state index is -0.130. The van der Waals surface area contributed by atoms with Gasteiger partial charge in [0.2, 0.25) is 0 Å². The number of halogens is 1. The molecule has 0 bridgehead atoms. The standard InChI is InChI=1S/C27H28ClN3O2/c1-18-13-19(2)15-25(14-18)29-26(32)21-6-3-5-20(16-21)22-7-4-12-31(17-22)27(33)30-24-10-8-23(28)9-11-24/h3,5-6,8-11,13-16,22H,4,7,12,17H2,1-2H3,(H,29,32)(H,30,33)/t22-/m1/s1. The number of hydrogen-bond acceptors (Lipinski definition) is 2. The van der Waals surface area contributed by atoms with Crippen LogP contribution < -0.4 is 10.6 Å². The molecule has 1 heterocycles. The van der Waals surface area contributed by atoms with Crippen molar-refractivity contribution in [1.82, 2.24) is 4.90 Å². The van der Waals surface area contributed by atoms with Gasteiger partial charge >= 0.3 is 6.03 Å². The minimum Gasteiger partial charge on any atom is -0.324 e. The van der Waals surface area contributed by atoms with Gasteiger partial charge in [0.1, 0.15) is 0 Å². The van der Waals surface area contributed by atoms with Crippen LogP contribution in [-0.2, 0) is 0 Å². The summed E-state index contributed by atoms with van der Waals surface area (Å²) in [4.78, 5) is 27.5. The fourth-order valence-corrected chi connectivity index (χ4v) is 4.48. The number of benzene rings is 3. The molecule has 0 spiro atoms. The minimum absolute atomic E-state index is 0.120. The molecule has 3 aromatic rings. The zero-order valence-corrected chi connectivity index (χ0v) is 19.7. The Bertz CT molecular complexity index is 1140. The van der Waals surface area contributed by atoms with Crippen molar-refractivity contribution in [3.8, 4) is 0 Å². The Kier molecular flexibility index (Phi) is 6.99. The lowest BCUT2D eigenvalue weighted by atomic mass is 9.89. The van der Waals surface area contributed by atoms with Crippen LogP contribution in [0, 0.1) is 13.8 Å². The Hall–Kier alpha value is -3.31. The Morgan fingerprint density at radius 1 is 0.909 bits per heavy atom. The van der Waals surface area contributed by atoms with Gasteiger partial charge in [-0.2, -0.15) is 0 Å². The van der Waals surface area contributed by atoms with Crippen molar-refractivity contribution in [2.45, 2.75) is 32.6 Å². The monoisotopic (exact) mass is 461 g/mol. The van der Waals surface area contributed by atoms with Crippen LogP contribution in [0.3, 0.4) is 0 Å². The molecule has 0 saturated carbocycles. The van der Waals surface area contributed by atoms with Gasteiger partial charge in [-0.25, -0.2) is 4.79 Å². The molecule has 6 heteroatoms. The number of urea groups is 1. The topological polar surface area (TPSA) is 61.4 Å². The summed E-state index contributed by atoms with van der Waals surface area (Å²) in [5.74, 6) is 0.0543. The zero-order valence-electron chi connectivity index (χ0n) is 18.9. The van der Waals surface area contributed by atoms with E-state index in [1.165, 1.54) is 0 Å². The van der Waals surface area contributed by atoms with Crippen molar-refractivity contribution >= 4 is 34.9 Å². The first kappa shape index (κ1) is 22.9. The maximum absolute atomic E-state index is 12.9. The maximum Gasteiger partial charge on any atom is 0.321 e. The number of carbonyl (C=O) groups excluding carboxylic acids is 2. The van der Waals surface area contributed by atoms with Crippen LogP contribution in [0.1, 0.15) is 45.8 Å². The van der Waals surface area contributed by atoms with E-state index in [-0.39, 0.29) is 17.9 Å². The molecule has 3 aromatic carbocycles. The van der Waals surface area contributed by atoms with Crippen molar-refractivity contribution in [1.29, 1.82) is 0 Å². The Morgan fingerprint density at radius 3 is 2.36 bits per heavy atom. The normalized spacial score (nSPS) is 15.7. The average Bonchev–Trinajstić information content (AvgIpc) is 2.80. The highest BCUT2D eigenvalue weighted by Gasteiger charge is 2.25. The molecule has 4 rings (SSSR count). The van der Waals surface area contributed by atoms with Gasteiger partial charge < -0.3 is 15.5 Å². The molecule has 1 aliphatic rings. The van der Waals surface area contributed by atoms with E-state index in [1.807, 2.05) is 55.1 Å². The highest BCUT2D eigenvalue weighted by atomic mass is 35.5. The number of amides is 3. The molecule has 1 aliphatic heterocycles. The van der Waals surface area contributed by atoms with E-state index in [0.717, 1.165) is 40.9 Å². The van der Waals surface area contributed by atoms with Crippen LogP contribution in [0.4, 0.5) is 16.2 Å². The highest BCUT2D eigenvalue weighted by Crippen LogP contribution is 2.28. The first-order valence-corrected chi connectivity index (χ1v) is 11.6. The number of likely N-dealkylation sites (tertiary alicyclic amines) is 1. The van der Waals surface area contributed by atoms with Crippen molar-refractivity contribution in [2.75, 3.05) is 23.7 Å². The second-order valence-corrected chi connectivity index (χ2v) is 9.11. The van der Waals surface area contributed by atoms with Crippen LogP contribution in [0.15, 0.2) is 66.7 Å². The van der Waals surface area contributed by atoms with E-state index in [1.54, 1.807) is 24.3 Å². The second-order valence-electron chi connectivity index (χ2n) is 8.68. The van der Waals surface area contributed by atoms with Gasteiger partial charge in [0.25, 0.3) is 5.91 Å². The summed E-state index contributed by atoms with van der Waals surface area (Å²) >= 11 is 5.93. The van der Waals surface area contributed by atoms with Gasteiger partial charge in [0.15, 0.2) is 0 Å². The molecular weight excluding hydrogens is 434 g/mol. The third-order valence-corrected chi connectivity index (χ3v) is 6.16. The quantitative estimate of drug-likeness (QED) is 0.458. The lowest BCUT2D eigenvalue weighted by Gasteiger charge is -2.33. The average molecular weight is 462 g/mol. The molecule has 0 radical (unpaired) electrons. The van der Waals surface area contributed by atoms with Crippen LogP contribution in [-0.4, -0.2) is 29.9 Å². The smallest absolute Gasteiger partial charge is 0.321 e. The summed E-state index contributed by atoms with van der Waals surface area (Å²) in [5, 5.41) is 6.58.